The number of rotatable bonds is 6. The van der Waals surface area contributed by atoms with Gasteiger partial charge in [-0.25, -0.2) is 4.79 Å². The van der Waals surface area contributed by atoms with Crippen molar-refractivity contribution in [3.05, 3.63) is 51.9 Å². The van der Waals surface area contributed by atoms with Gasteiger partial charge in [-0.15, -0.1) is 19.0 Å². The number of aromatic hydroxyl groups is 1. The molecule has 1 aromatic carbocycles. The van der Waals surface area contributed by atoms with Gasteiger partial charge < -0.3 is 9.52 Å². The first kappa shape index (κ1) is 19.3. The molecule has 2 rings (SSSR count). The van der Waals surface area contributed by atoms with Crippen molar-refractivity contribution < 1.29 is 9.52 Å². The van der Waals surface area contributed by atoms with E-state index >= 15 is 0 Å². The highest BCUT2D eigenvalue weighted by Gasteiger charge is 2.17. The fourth-order valence-corrected chi connectivity index (χ4v) is 2.71. The Labute approximate surface area is 142 Å². The van der Waals surface area contributed by atoms with Crippen LogP contribution in [-0.2, 0) is 13.0 Å². The second kappa shape index (κ2) is 8.18. The van der Waals surface area contributed by atoms with E-state index < -0.39 is 5.63 Å². The van der Waals surface area contributed by atoms with E-state index in [2.05, 4.69) is 25.3 Å². The topological polar surface area (TPSA) is 53.7 Å². The van der Waals surface area contributed by atoms with E-state index in [-0.39, 0.29) is 18.2 Å². The van der Waals surface area contributed by atoms with Crippen molar-refractivity contribution in [1.82, 2.24) is 4.90 Å². The maximum Gasteiger partial charge on any atom is 0.336 e. The summed E-state index contributed by atoms with van der Waals surface area (Å²) in [6, 6.07) is 3.41. The van der Waals surface area contributed by atoms with Gasteiger partial charge in [0.25, 0.3) is 0 Å². The summed E-state index contributed by atoms with van der Waals surface area (Å²) >= 11 is 0. The maximum atomic E-state index is 11.6. The van der Waals surface area contributed by atoms with Gasteiger partial charge in [0.1, 0.15) is 11.3 Å². The summed E-state index contributed by atoms with van der Waals surface area (Å²) in [6.45, 7) is 12.3. The quantitative estimate of drug-likeness (QED) is 0.643. The van der Waals surface area contributed by atoms with Crippen molar-refractivity contribution in [3.63, 3.8) is 0 Å². The van der Waals surface area contributed by atoms with E-state index in [4.69, 9.17) is 4.42 Å². The van der Waals surface area contributed by atoms with Gasteiger partial charge in [-0.2, -0.15) is 0 Å². The smallest absolute Gasteiger partial charge is 0.336 e. The van der Waals surface area contributed by atoms with Gasteiger partial charge in [-0.05, 0) is 38.1 Å². The predicted molar refractivity (Wildman–Crippen MR) is 96.7 cm³/mol. The van der Waals surface area contributed by atoms with Crippen molar-refractivity contribution in [2.75, 3.05) is 13.1 Å². The summed E-state index contributed by atoms with van der Waals surface area (Å²) in [4.78, 5) is 13.9. The lowest BCUT2D eigenvalue weighted by atomic mass is 9.99. The summed E-state index contributed by atoms with van der Waals surface area (Å²) in [5.41, 5.74) is 2.41. The molecule has 0 aliphatic heterocycles. The molecule has 4 nitrogen and oxygen atoms in total. The highest BCUT2D eigenvalue weighted by Crippen LogP contribution is 2.33. The lowest BCUT2D eigenvalue weighted by molar-refractivity contribution is 0.290. The summed E-state index contributed by atoms with van der Waals surface area (Å²) < 4.78 is 5.34. The number of benzene rings is 1. The van der Waals surface area contributed by atoms with Crippen LogP contribution in [0.4, 0.5) is 0 Å². The van der Waals surface area contributed by atoms with E-state index in [1.807, 2.05) is 13.0 Å². The number of phenolic OH excluding ortho intramolecular Hbond substituents is 1. The van der Waals surface area contributed by atoms with E-state index in [1.54, 1.807) is 6.08 Å². The Balaban J connectivity index is 0.00000264. The van der Waals surface area contributed by atoms with Gasteiger partial charge in [0, 0.05) is 29.1 Å². The molecule has 0 saturated heterocycles. The Hall–Kier alpha value is -1.78. The van der Waals surface area contributed by atoms with Gasteiger partial charge in [0.05, 0.1) is 0 Å². The molecule has 0 atom stereocenters. The first-order chi connectivity index (χ1) is 10.5. The fourth-order valence-electron chi connectivity index (χ4n) is 2.71. The number of hydrogen-bond acceptors (Lipinski definition) is 4. The molecule has 0 bridgehead atoms. The highest BCUT2D eigenvalue weighted by molar-refractivity contribution is 5.86. The van der Waals surface area contributed by atoms with Crippen LogP contribution in [-0.4, -0.2) is 23.1 Å². The average molecular weight is 338 g/mol. The van der Waals surface area contributed by atoms with Crippen LogP contribution >= 0.6 is 12.4 Å². The van der Waals surface area contributed by atoms with Gasteiger partial charge in [-0.3, -0.25) is 4.90 Å². The molecule has 0 aliphatic carbocycles. The Bertz CT molecular complexity index is 748. The van der Waals surface area contributed by atoms with Gasteiger partial charge in [0.15, 0.2) is 0 Å². The minimum atomic E-state index is -0.397. The standard InChI is InChI=1S/C18H23NO3.ClH/c1-5-8-14-17(21)13(11-19(6-2)7-3)10-15-12(4)9-16(20)22-18(14)15;/h5,9-10,21H,1,6-8,11H2,2-4H3;1H. The van der Waals surface area contributed by atoms with Crippen molar-refractivity contribution in [2.24, 2.45) is 0 Å². The predicted octanol–water partition coefficient (Wildman–Crippen LogP) is 3.80. The molecule has 1 aromatic heterocycles. The molecule has 1 heterocycles. The molecule has 126 valence electrons. The van der Waals surface area contributed by atoms with Crippen LogP contribution < -0.4 is 5.63 Å². The molecular formula is C18H24ClNO3. The summed E-state index contributed by atoms with van der Waals surface area (Å²) in [6.07, 6.45) is 2.17. The second-order valence-electron chi connectivity index (χ2n) is 5.44. The number of allylic oxidation sites excluding steroid dienone is 1. The molecule has 23 heavy (non-hydrogen) atoms. The minimum absolute atomic E-state index is 0. The van der Waals surface area contributed by atoms with Crippen LogP contribution in [0.5, 0.6) is 5.75 Å². The molecule has 2 aromatic rings. The Kier molecular flexibility index (Phi) is 6.85. The molecule has 0 amide bonds. The number of nitrogens with zero attached hydrogens (tertiary/aromatic N) is 1. The molecule has 0 fully saturated rings. The second-order valence-corrected chi connectivity index (χ2v) is 5.44. The molecule has 0 saturated carbocycles. The molecule has 0 spiro atoms. The minimum Gasteiger partial charge on any atom is -0.507 e. The molecule has 0 unspecified atom stereocenters. The number of halogens is 1. The highest BCUT2D eigenvalue weighted by atomic mass is 35.5. The Morgan fingerprint density at radius 2 is 1.96 bits per heavy atom. The van der Waals surface area contributed by atoms with Crippen LogP contribution in [0.25, 0.3) is 11.0 Å². The van der Waals surface area contributed by atoms with Gasteiger partial charge in [0.2, 0.25) is 0 Å². The lowest BCUT2D eigenvalue weighted by Crippen LogP contribution is -2.22. The Morgan fingerprint density at radius 1 is 1.30 bits per heavy atom. The fraction of sp³-hybridized carbons (Fsp3) is 0.389. The SMILES string of the molecule is C=CCc1c(O)c(CN(CC)CC)cc2c(C)cc(=O)oc12.Cl. The van der Waals surface area contributed by atoms with Gasteiger partial charge in [-0.1, -0.05) is 19.9 Å². The third-order valence-electron chi connectivity index (χ3n) is 4.03. The van der Waals surface area contributed by atoms with Crippen LogP contribution in [0.2, 0.25) is 0 Å². The Morgan fingerprint density at radius 3 is 2.52 bits per heavy atom. The normalized spacial score (nSPS) is 10.8. The van der Waals surface area contributed by atoms with Crippen molar-refractivity contribution >= 4 is 23.4 Å². The molecule has 0 radical (unpaired) electrons. The zero-order valence-corrected chi connectivity index (χ0v) is 14.7. The third-order valence-corrected chi connectivity index (χ3v) is 4.03. The number of aryl methyl sites for hydroxylation is 1. The molecule has 1 N–H and O–H groups in total. The van der Waals surface area contributed by atoms with Crippen LogP contribution in [0.15, 0.2) is 34.0 Å². The van der Waals surface area contributed by atoms with Crippen LogP contribution in [0.1, 0.15) is 30.5 Å². The number of phenols is 1. The first-order valence-corrected chi connectivity index (χ1v) is 7.63. The van der Waals surface area contributed by atoms with E-state index in [0.29, 0.717) is 24.1 Å². The van der Waals surface area contributed by atoms with Gasteiger partial charge >= 0.3 is 5.63 Å². The van der Waals surface area contributed by atoms with Crippen molar-refractivity contribution in [3.8, 4) is 5.75 Å². The zero-order valence-electron chi connectivity index (χ0n) is 13.9. The third kappa shape index (κ3) is 3.95. The van der Waals surface area contributed by atoms with E-state index in [1.165, 1.54) is 6.07 Å². The van der Waals surface area contributed by atoms with Crippen LogP contribution in [0.3, 0.4) is 0 Å². The summed E-state index contributed by atoms with van der Waals surface area (Å²) in [5, 5.41) is 11.5. The van der Waals surface area contributed by atoms with Crippen molar-refractivity contribution in [2.45, 2.75) is 33.7 Å². The zero-order chi connectivity index (χ0) is 16.3. The van der Waals surface area contributed by atoms with Crippen LogP contribution in [0, 0.1) is 6.92 Å². The summed E-state index contributed by atoms with van der Waals surface area (Å²) in [7, 11) is 0. The molecule has 0 aliphatic rings. The number of hydrogen-bond donors (Lipinski definition) is 1. The molecule has 5 heteroatoms. The van der Waals surface area contributed by atoms with E-state index in [0.717, 1.165) is 29.6 Å². The first-order valence-electron chi connectivity index (χ1n) is 7.63. The lowest BCUT2D eigenvalue weighted by Gasteiger charge is -2.20. The average Bonchev–Trinajstić information content (AvgIpc) is 2.49. The maximum absolute atomic E-state index is 11.6. The summed E-state index contributed by atoms with van der Waals surface area (Å²) in [5.74, 6) is 0.202. The van der Waals surface area contributed by atoms with Crippen molar-refractivity contribution in [1.29, 1.82) is 0 Å². The number of fused-ring (bicyclic) bond motifs is 1. The van der Waals surface area contributed by atoms with E-state index in [9.17, 15) is 9.90 Å². The largest absolute Gasteiger partial charge is 0.507 e. The monoisotopic (exact) mass is 337 g/mol. The molecular weight excluding hydrogens is 314 g/mol.